The van der Waals surface area contributed by atoms with Gasteiger partial charge >= 0.3 is 13.6 Å². The lowest BCUT2D eigenvalue weighted by Gasteiger charge is -2.13. The fraction of sp³-hybridized carbons (Fsp3) is 0.800. The van der Waals surface area contributed by atoms with E-state index >= 15 is 0 Å². The molecule has 0 spiro atoms. The number of hydrogen-bond donors (Lipinski definition) is 1. The fourth-order valence-corrected chi connectivity index (χ4v) is 1.93. The molecule has 0 aromatic heterocycles. The van der Waals surface area contributed by atoms with Crippen LogP contribution in [-0.4, -0.2) is 45.4 Å². The van der Waals surface area contributed by atoms with Gasteiger partial charge in [0.25, 0.3) is 0 Å². The number of carbonyl (C=O) groups is 2. The Kier molecular flexibility index (Phi) is 8.62. The highest BCUT2D eigenvalue weighted by molar-refractivity contribution is 7.53. The maximum atomic E-state index is 11.6. The van der Waals surface area contributed by atoms with Gasteiger partial charge in [-0.15, -0.1) is 0 Å². The Bertz CT molecular complexity index is 311. The second-order valence-corrected chi connectivity index (χ2v) is 5.91. The van der Waals surface area contributed by atoms with E-state index in [4.69, 9.17) is 4.74 Å². The van der Waals surface area contributed by atoms with Crippen LogP contribution in [0.25, 0.3) is 0 Å². The molecule has 1 amide bonds. The first-order valence-corrected chi connectivity index (χ1v) is 7.27. The summed E-state index contributed by atoms with van der Waals surface area (Å²) in [4.78, 5) is 21.8. The average Bonchev–Trinajstić information content (AvgIpc) is 2.34. The Balaban J connectivity index is 3.65. The predicted molar refractivity (Wildman–Crippen MR) is 65.4 cm³/mol. The van der Waals surface area contributed by atoms with Crippen molar-refractivity contribution in [2.24, 2.45) is 0 Å². The lowest BCUT2D eigenvalue weighted by molar-refractivity contribution is -0.143. The molecule has 0 aromatic carbocycles. The van der Waals surface area contributed by atoms with E-state index < -0.39 is 13.6 Å². The predicted octanol–water partition coefficient (Wildman–Crippen LogP) is 0.932. The van der Waals surface area contributed by atoms with Crippen molar-refractivity contribution in [2.75, 3.05) is 33.5 Å². The summed E-state index contributed by atoms with van der Waals surface area (Å²) in [5.74, 6) is -0.538. The van der Waals surface area contributed by atoms with Crippen LogP contribution in [-0.2, 0) is 27.9 Å². The van der Waals surface area contributed by atoms with Crippen molar-refractivity contribution in [2.45, 2.75) is 19.8 Å². The summed E-state index contributed by atoms with van der Waals surface area (Å²) in [6, 6.07) is 0. The van der Waals surface area contributed by atoms with Crippen molar-refractivity contribution in [1.82, 2.24) is 5.32 Å². The number of amides is 1. The summed E-state index contributed by atoms with van der Waals surface area (Å²) in [6.45, 7) is 1.82. The summed E-state index contributed by atoms with van der Waals surface area (Å²) >= 11 is 0. The molecule has 0 heterocycles. The first-order valence-electron chi connectivity index (χ1n) is 5.54. The third-order valence-corrected chi connectivity index (χ3v) is 3.96. The van der Waals surface area contributed by atoms with Crippen LogP contribution in [0.15, 0.2) is 0 Å². The first kappa shape index (κ1) is 17.1. The van der Waals surface area contributed by atoms with Gasteiger partial charge in [-0.25, -0.2) is 0 Å². The van der Waals surface area contributed by atoms with Gasteiger partial charge in [0.05, 0.1) is 6.16 Å². The zero-order valence-electron chi connectivity index (χ0n) is 10.9. The monoisotopic (exact) mass is 281 g/mol. The molecule has 1 N–H and O–H groups in total. The van der Waals surface area contributed by atoms with Gasteiger partial charge in [-0.05, 0) is 6.42 Å². The standard InChI is InChI=1S/C10H20NO6P/c1-9(12)11-6-4-5-10(13)17-7-8-18(14,15-2)16-3/h4-8H2,1-3H3,(H,11,12). The number of carbonyl (C=O) groups excluding carboxylic acids is 2. The molecule has 7 nitrogen and oxygen atoms in total. The largest absolute Gasteiger partial charge is 0.465 e. The fourth-order valence-electron chi connectivity index (χ4n) is 1.10. The Morgan fingerprint density at radius 3 is 2.33 bits per heavy atom. The van der Waals surface area contributed by atoms with Gasteiger partial charge in [0.2, 0.25) is 5.91 Å². The van der Waals surface area contributed by atoms with E-state index in [1.807, 2.05) is 0 Å². The minimum absolute atomic E-state index is 0.0159. The second-order valence-electron chi connectivity index (χ2n) is 3.51. The Morgan fingerprint density at radius 1 is 1.22 bits per heavy atom. The van der Waals surface area contributed by atoms with Crippen LogP contribution >= 0.6 is 7.60 Å². The van der Waals surface area contributed by atoms with Gasteiger partial charge in [-0.3, -0.25) is 14.2 Å². The van der Waals surface area contributed by atoms with Gasteiger partial charge in [0.1, 0.15) is 6.61 Å². The van der Waals surface area contributed by atoms with E-state index in [-0.39, 0.29) is 25.1 Å². The number of rotatable bonds is 9. The second kappa shape index (κ2) is 9.08. The molecule has 0 aliphatic heterocycles. The Hall–Kier alpha value is -0.910. The van der Waals surface area contributed by atoms with Crippen molar-refractivity contribution in [3.63, 3.8) is 0 Å². The zero-order chi connectivity index (χ0) is 14.0. The SMILES string of the molecule is COP(=O)(CCOC(=O)CCCNC(C)=O)OC. The van der Waals surface area contributed by atoms with Gasteiger partial charge in [-0.2, -0.15) is 0 Å². The van der Waals surface area contributed by atoms with E-state index in [9.17, 15) is 14.2 Å². The van der Waals surface area contributed by atoms with Crippen molar-refractivity contribution in [1.29, 1.82) is 0 Å². The maximum absolute atomic E-state index is 11.6. The van der Waals surface area contributed by atoms with E-state index in [1.165, 1.54) is 21.1 Å². The highest BCUT2D eigenvalue weighted by Crippen LogP contribution is 2.45. The molecule has 106 valence electrons. The molecule has 0 saturated heterocycles. The molecule has 0 saturated carbocycles. The van der Waals surface area contributed by atoms with Crippen molar-refractivity contribution < 1.29 is 27.9 Å². The van der Waals surface area contributed by atoms with Gasteiger partial charge in [0.15, 0.2) is 0 Å². The molecule has 0 bridgehead atoms. The van der Waals surface area contributed by atoms with Gasteiger partial charge in [-0.1, -0.05) is 0 Å². The third kappa shape index (κ3) is 8.22. The van der Waals surface area contributed by atoms with E-state index in [2.05, 4.69) is 14.4 Å². The summed E-state index contributed by atoms with van der Waals surface area (Å²) in [7, 11) is -0.562. The molecular weight excluding hydrogens is 261 g/mol. The average molecular weight is 281 g/mol. The lowest BCUT2D eigenvalue weighted by Crippen LogP contribution is -2.21. The number of hydrogen-bond acceptors (Lipinski definition) is 6. The number of nitrogens with one attached hydrogen (secondary N) is 1. The van der Waals surface area contributed by atoms with Crippen LogP contribution in [0.5, 0.6) is 0 Å². The first-order chi connectivity index (χ1) is 8.43. The highest BCUT2D eigenvalue weighted by atomic mass is 31.2. The smallest absolute Gasteiger partial charge is 0.333 e. The van der Waals surface area contributed by atoms with Gasteiger partial charge in [0, 0.05) is 34.1 Å². The van der Waals surface area contributed by atoms with Crippen LogP contribution in [0, 0.1) is 0 Å². The minimum atomic E-state index is -3.12. The molecule has 0 aromatic rings. The topological polar surface area (TPSA) is 90.9 Å². The van der Waals surface area contributed by atoms with Crippen LogP contribution in [0.1, 0.15) is 19.8 Å². The normalized spacial score (nSPS) is 11.1. The number of ether oxygens (including phenoxy) is 1. The molecule has 0 unspecified atom stereocenters. The summed E-state index contributed by atoms with van der Waals surface area (Å²) in [5, 5.41) is 2.57. The molecule has 0 aliphatic carbocycles. The molecule has 0 rings (SSSR count). The van der Waals surface area contributed by atoms with Crippen LogP contribution in [0.3, 0.4) is 0 Å². The quantitative estimate of drug-likeness (QED) is 0.384. The molecule has 0 atom stereocenters. The molecule has 0 radical (unpaired) electrons. The summed E-state index contributed by atoms with van der Waals surface area (Å²) < 4.78 is 25.8. The molecule has 8 heteroatoms. The molecule has 18 heavy (non-hydrogen) atoms. The van der Waals surface area contributed by atoms with Crippen molar-refractivity contribution in [3.05, 3.63) is 0 Å². The third-order valence-electron chi connectivity index (χ3n) is 2.12. The minimum Gasteiger partial charge on any atom is -0.465 e. The van der Waals surface area contributed by atoms with E-state index in [0.29, 0.717) is 13.0 Å². The maximum Gasteiger partial charge on any atom is 0.333 e. The lowest BCUT2D eigenvalue weighted by atomic mass is 10.3. The highest BCUT2D eigenvalue weighted by Gasteiger charge is 2.21. The summed E-state index contributed by atoms with van der Waals surface area (Å²) in [5.41, 5.74) is 0. The van der Waals surface area contributed by atoms with Crippen molar-refractivity contribution in [3.8, 4) is 0 Å². The van der Waals surface area contributed by atoms with Gasteiger partial charge < -0.3 is 19.1 Å². The molecular formula is C10H20NO6P. The van der Waals surface area contributed by atoms with Crippen LogP contribution in [0.2, 0.25) is 0 Å². The van der Waals surface area contributed by atoms with E-state index in [0.717, 1.165) is 0 Å². The Labute approximate surface area is 107 Å². The summed E-state index contributed by atoms with van der Waals surface area (Å²) in [6.07, 6.45) is 0.729. The number of esters is 1. The molecule has 0 aliphatic rings. The van der Waals surface area contributed by atoms with Crippen LogP contribution < -0.4 is 5.32 Å². The van der Waals surface area contributed by atoms with Crippen LogP contribution in [0.4, 0.5) is 0 Å². The Morgan fingerprint density at radius 2 is 1.83 bits per heavy atom. The zero-order valence-corrected chi connectivity index (χ0v) is 11.8. The molecule has 0 fully saturated rings. The van der Waals surface area contributed by atoms with Crippen molar-refractivity contribution >= 4 is 19.5 Å². The van der Waals surface area contributed by atoms with E-state index in [1.54, 1.807) is 0 Å².